The van der Waals surface area contributed by atoms with E-state index in [9.17, 15) is 9.18 Å². The summed E-state index contributed by atoms with van der Waals surface area (Å²) in [4.78, 5) is 15.1. The molecule has 4 nitrogen and oxygen atoms in total. The summed E-state index contributed by atoms with van der Waals surface area (Å²) >= 11 is 12.3. The van der Waals surface area contributed by atoms with Gasteiger partial charge in [-0.15, -0.1) is 0 Å². The highest BCUT2D eigenvalue weighted by atomic mass is 35.5. The van der Waals surface area contributed by atoms with Crippen molar-refractivity contribution in [1.82, 2.24) is 15.1 Å². The van der Waals surface area contributed by atoms with Gasteiger partial charge in [-0.3, -0.25) is 9.89 Å². The third kappa shape index (κ3) is 3.60. The molecule has 7 heteroatoms. The third-order valence-corrected chi connectivity index (χ3v) is 5.90. The Morgan fingerprint density at radius 2 is 1.71 bits per heavy atom. The van der Waals surface area contributed by atoms with E-state index in [0.29, 0.717) is 28.0 Å². The SMILES string of the molecule is O=C1c2[nH]nc(-c3ccc(Cl)cc3)c2C(c2cccc(Cl)c2)N1Cc1ccc(F)cc1. The van der Waals surface area contributed by atoms with Crippen LogP contribution in [-0.4, -0.2) is 21.0 Å². The van der Waals surface area contributed by atoms with Crippen LogP contribution in [0.1, 0.15) is 33.2 Å². The standard InChI is InChI=1S/C24H16Cl2FN3O/c25-17-8-6-15(7-9-17)21-20-22(29-28-21)24(31)30(13-14-4-10-19(27)11-5-14)23(20)16-2-1-3-18(26)12-16/h1-12,23H,13H2,(H,28,29). The number of fused-ring (bicyclic) bond motifs is 1. The molecule has 1 aliphatic heterocycles. The lowest BCUT2D eigenvalue weighted by molar-refractivity contribution is 0.0730. The van der Waals surface area contributed by atoms with Gasteiger partial charge in [-0.25, -0.2) is 4.39 Å². The molecule has 1 atom stereocenters. The number of nitrogens with zero attached hydrogens (tertiary/aromatic N) is 2. The zero-order valence-electron chi connectivity index (χ0n) is 16.1. The molecule has 1 unspecified atom stereocenters. The number of carbonyl (C=O) groups is 1. The van der Waals surface area contributed by atoms with Crippen LogP contribution >= 0.6 is 23.2 Å². The van der Waals surface area contributed by atoms with Gasteiger partial charge in [0, 0.05) is 27.7 Å². The monoisotopic (exact) mass is 451 g/mol. The van der Waals surface area contributed by atoms with Gasteiger partial charge in [-0.05, 0) is 47.5 Å². The Morgan fingerprint density at radius 3 is 2.42 bits per heavy atom. The van der Waals surface area contributed by atoms with Crippen molar-refractivity contribution in [3.8, 4) is 11.3 Å². The van der Waals surface area contributed by atoms with Crippen LogP contribution in [-0.2, 0) is 6.54 Å². The number of halogens is 3. The highest BCUT2D eigenvalue weighted by molar-refractivity contribution is 6.31. The number of carbonyl (C=O) groups excluding carboxylic acids is 1. The summed E-state index contributed by atoms with van der Waals surface area (Å²) in [7, 11) is 0. The minimum Gasteiger partial charge on any atom is -0.322 e. The molecule has 0 spiro atoms. The second kappa shape index (κ2) is 7.84. The zero-order chi connectivity index (χ0) is 21.5. The molecule has 2 heterocycles. The Labute approximate surface area is 188 Å². The van der Waals surface area contributed by atoms with Crippen LogP contribution < -0.4 is 0 Å². The first-order valence-electron chi connectivity index (χ1n) is 9.66. The van der Waals surface area contributed by atoms with Gasteiger partial charge in [0.1, 0.15) is 11.5 Å². The highest BCUT2D eigenvalue weighted by Crippen LogP contribution is 2.44. The van der Waals surface area contributed by atoms with E-state index < -0.39 is 6.04 Å². The molecule has 3 aromatic carbocycles. The van der Waals surface area contributed by atoms with E-state index in [-0.39, 0.29) is 11.7 Å². The normalized spacial score (nSPS) is 15.4. The summed E-state index contributed by atoms with van der Waals surface area (Å²) in [5.74, 6) is -0.487. The lowest BCUT2D eigenvalue weighted by Gasteiger charge is -2.26. The van der Waals surface area contributed by atoms with Gasteiger partial charge in [0.25, 0.3) is 5.91 Å². The van der Waals surface area contributed by atoms with Crippen LogP contribution in [0.3, 0.4) is 0 Å². The van der Waals surface area contributed by atoms with E-state index >= 15 is 0 Å². The van der Waals surface area contributed by atoms with Gasteiger partial charge in [-0.1, -0.05) is 59.6 Å². The third-order valence-electron chi connectivity index (χ3n) is 5.41. The molecule has 154 valence electrons. The summed E-state index contributed by atoms with van der Waals surface area (Å²) in [6, 6.07) is 20.5. The van der Waals surface area contributed by atoms with Gasteiger partial charge in [0.05, 0.1) is 11.7 Å². The number of hydrogen-bond acceptors (Lipinski definition) is 2. The molecule has 0 fully saturated rings. The van der Waals surface area contributed by atoms with Crippen molar-refractivity contribution in [3.63, 3.8) is 0 Å². The van der Waals surface area contributed by atoms with E-state index in [0.717, 1.165) is 22.3 Å². The molecule has 0 radical (unpaired) electrons. The predicted octanol–water partition coefficient (Wildman–Crippen LogP) is 6.27. The fourth-order valence-corrected chi connectivity index (χ4v) is 4.32. The van der Waals surface area contributed by atoms with Crippen LogP contribution in [0.25, 0.3) is 11.3 Å². The van der Waals surface area contributed by atoms with Gasteiger partial charge >= 0.3 is 0 Å². The molecule has 31 heavy (non-hydrogen) atoms. The van der Waals surface area contributed by atoms with E-state index in [1.165, 1.54) is 12.1 Å². The van der Waals surface area contributed by atoms with Crippen molar-refractivity contribution >= 4 is 29.1 Å². The molecule has 0 bridgehead atoms. The van der Waals surface area contributed by atoms with Crippen molar-refractivity contribution < 1.29 is 9.18 Å². The van der Waals surface area contributed by atoms with Crippen LogP contribution in [0.15, 0.2) is 72.8 Å². The van der Waals surface area contributed by atoms with E-state index in [1.807, 2.05) is 30.3 Å². The molecular weight excluding hydrogens is 436 g/mol. The Morgan fingerprint density at radius 1 is 0.968 bits per heavy atom. The van der Waals surface area contributed by atoms with Crippen LogP contribution in [0, 0.1) is 5.82 Å². The number of amides is 1. The molecule has 1 N–H and O–H groups in total. The minimum absolute atomic E-state index is 0.169. The van der Waals surface area contributed by atoms with Gasteiger partial charge in [0.2, 0.25) is 0 Å². The first-order chi connectivity index (χ1) is 15.0. The number of aromatic nitrogens is 2. The smallest absolute Gasteiger partial charge is 0.273 e. The number of hydrogen-bond donors (Lipinski definition) is 1. The lowest BCUT2D eigenvalue weighted by atomic mass is 9.96. The summed E-state index contributed by atoms with van der Waals surface area (Å²) in [6.45, 7) is 0.318. The van der Waals surface area contributed by atoms with Crippen molar-refractivity contribution in [2.75, 3.05) is 0 Å². The molecule has 5 rings (SSSR count). The van der Waals surface area contributed by atoms with Crippen molar-refractivity contribution in [2.45, 2.75) is 12.6 Å². The molecule has 0 saturated heterocycles. The Hall–Kier alpha value is -3.15. The second-order valence-electron chi connectivity index (χ2n) is 7.38. The fourth-order valence-electron chi connectivity index (χ4n) is 4.00. The molecule has 0 saturated carbocycles. The maximum atomic E-state index is 13.4. The Kier molecular flexibility index (Phi) is 5.00. The quantitative estimate of drug-likeness (QED) is 0.397. The average Bonchev–Trinajstić information content (AvgIpc) is 3.30. The summed E-state index contributed by atoms with van der Waals surface area (Å²) in [6.07, 6.45) is 0. The largest absolute Gasteiger partial charge is 0.322 e. The number of nitrogens with one attached hydrogen (secondary N) is 1. The predicted molar refractivity (Wildman–Crippen MR) is 119 cm³/mol. The summed E-state index contributed by atoms with van der Waals surface area (Å²) in [5, 5.41) is 8.56. The topological polar surface area (TPSA) is 49.0 Å². The molecule has 1 aromatic heterocycles. The average molecular weight is 452 g/mol. The van der Waals surface area contributed by atoms with Crippen LogP contribution in [0.5, 0.6) is 0 Å². The highest BCUT2D eigenvalue weighted by Gasteiger charge is 2.42. The minimum atomic E-state index is -0.393. The maximum absolute atomic E-state index is 13.4. The molecule has 4 aromatic rings. The second-order valence-corrected chi connectivity index (χ2v) is 8.26. The zero-order valence-corrected chi connectivity index (χ0v) is 17.7. The van der Waals surface area contributed by atoms with Crippen molar-refractivity contribution in [2.24, 2.45) is 0 Å². The maximum Gasteiger partial charge on any atom is 0.273 e. The molecular formula is C24H16Cl2FN3O. The van der Waals surface area contributed by atoms with Crippen LogP contribution in [0.4, 0.5) is 4.39 Å². The summed E-state index contributed by atoms with van der Waals surface area (Å²) in [5.41, 5.74) is 4.47. The Bertz CT molecular complexity index is 1270. The van der Waals surface area contributed by atoms with Gasteiger partial charge in [-0.2, -0.15) is 5.10 Å². The van der Waals surface area contributed by atoms with Crippen LogP contribution in [0.2, 0.25) is 10.0 Å². The number of benzene rings is 3. The first-order valence-corrected chi connectivity index (χ1v) is 10.4. The van der Waals surface area contributed by atoms with E-state index in [4.69, 9.17) is 23.2 Å². The summed E-state index contributed by atoms with van der Waals surface area (Å²) < 4.78 is 13.4. The van der Waals surface area contributed by atoms with Crippen molar-refractivity contribution in [3.05, 3.63) is 111 Å². The molecule has 1 aliphatic rings. The van der Waals surface area contributed by atoms with Gasteiger partial charge < -0.3 is 4.90 Å². The number of H-pyrrole nitrogens is 1. The lowest BCUT2D eigenvalue weighted by Crippen LogP contribution is -2.29. The molecule has 0 aliphatic carbocycles. The molecule has 1 amide bonds. The van der Waals surface area contributed by atoms with Crippen molar-refractivity contribution in [1.29, 1.82) is 0 Å². The Balaban J connectivity index is 1.64. The first kappa shape index (κ1) is 19.8. The van der Waals surface area contributed by atoms with E-state index in [2.05, 4.69) is 10.2 Å². The number of rotatable bonds is 4. The number of aromatic amines is 1. The van der Waals surface area contributed by atoms with Gasteiger partial charge in [0.15, 0.2) is 0 Å². The fraction of sp³-hybridized carbons (Fsp3) is 0.0833. The van der Waals surface area contributed by atoms with E-state index in [1.54, 1.807) is 35.2 Å².